The number of aryl methyl sites for hydroxylation is 2. The third-order valence-corrected chi connectivity index (χ3v) is 5.47. The molecule has 6 nitrogen and oxygen atoms in total. The van der Waals surface area contributed by atoms with Crippen molar-refractivity contribution in [3.8, 4) is 0 Å². The fraction of sp³-hybridized carbons (Fsp3) is 0.545. The lowest BCUT2D eigenvalue weighted by molar-refractivity contribution is 0.271. The first-order valence-corrected chi connectivity index (χ1v) is 10.1. The molecule has 1 aromatic carbocycles. The largest absolute Gasteiger partial charge is 0.444 e. The minimum Gasteiger partial charge on any atom is -0.444 e. The number of hydrogen-bond acceptors (Lipinski definition) is 4. The number of nitrogens with one attached hydrogen (secondary N) is 3. The molecule has 2 aromatic rings. The molecule has 0 fully saturated rings. The maximum atomic E-state index is 5.63. The van der Waals surface area contributed by atoms with E-state index in [-0.39, 0.29) is 35.6 Å². The van der Waals surface area contributed by atoms with Gasteiger partial charge >= 0.3 is 0 Å². The highest BCUT2D eigenvalue weighted by molar-refractivity contribution is 14.0. The predicted octanol–water partition coefficient (Wildman–Crippen LogP) is 4.48. The van der Waals surface area contributed by atoms with Gasteiger partial charge in [-0.25, -0.2) is 4.98 Å². The first kappa shape index (κ1) is 25.4. The van der Waals surface area contributed by atoms with Crippen molar-refractivity contribution in [1.29, 1.82) is 0 Å². The van der Waals surface area contributed by atoms with Gasteiger partial charge in [-0.3, -0.25) is 4.99 Å². The molecule has 0 amide bonds. The zero-order valence-electron chi connectivity index (χ0n) is 18.5. The van der Waals surface area contributed by atoms with Gasteiger partial charge in [-0.1, -0.05) is 44.2 Å². The van der Waals surface area contributed by atoms with Crippen LogP contribution in [0.25, 0.3) is 0 Å². The van der Waals surface area contributed by atoms with E-state index in [1.807, 2.05) is 13.8 Å². The highest BCUT2D eigenvalue weighted by Gasteiger charge is 2.28. The molecular formula is C22H36IN5O. The Morgan fingerprint density at radius 2 is 1.79 bits per heavy atom. The van der Waals surface area contributed by atoms with Gasteiger partial charge in [0.15, 0.2) is 5.96 Å². The normalized spacial score (nSPS) is 13.0. The summed E-state index contributed by atoms with van der Waals surface area (Å²) in [5, 5.41) is 10.6. The van der Waals surface area contributed by atoms with Gasteiger partial charge in [0.25, 0.3) is 0 Å². The molecule has 0 aliphatic rings. The Morgan fingerprint density at radius 3 is 2.31 bits per heavy atom. The highest BCUT2D eigenvalue weighted by atomic mass is 127. The highest BCUT2D eigenvalue weighted by Crippen LogP contribution is 2.21. The molecular weight excluding hydrogens is 477 g/mol. The van der Waals surface area contributed by atoms with Gasteiger partial charge in [0.2, 0.25) is 5.89 Å². The lowest BCUT2D eigenvalue weighted by Gasteiger charge is -2.37. The predicted molar refractivity (Wildman–Crippen MR) is 131 cm³/mol. The number of hydrogen-bond donors (Lipinski definition) is 3. The van der Waals surface area contributed by atoms with E-state index >= 15 is 0 Å². The van der Waals surface area contributed by atoms with Crippen LogP contribution in [0.1, 0.15) is 62.6 Å². The van der Waals surface area contributed by atoms with Crippen molar-refractivity contribution >= 4 is 29.9 Å². The minimum absolute atomic E-state index is 0. The molecule has 0 spiro atoms. The van der Waals surface area contributed by atoms with Crippen LogP contribution in [0.15, 0.2) is 39.7 Å². The summed E-state index contributed by atoms with van der Waals surface area (Å²) >= 11 is 0. The quantitative estimate of drug-likeness (QED) is 0.262. The van der Waals surface area contributed by atoms with Gasteiger partial charge in [0, 0.05) is 25.2 Å². The molecule has 1 atom stereocenters. The number of nitrogens with zero attached hydrogens (tertiary/aromatic N) is 2. The summed E-state index contributed by atoms with van der Waals surface area (Å²) in [6.45, 7) is 11.8. The smallest absolute Gasteiger partial charge is 0.214 e. The number of halogens is 1. The molecule has 29 heavy (non-hydrogen) atoms. The van der Waals surface area contributed by atoms with Crippen molar-refractivity contribution in [2.75, 3.05) is 13.6 Å². The van der Waals surface area contributed by atoms with Crippen molar-refractivity contribution in [1.82, 2.24) is 20.9 Å². The first-order chi connectivity index (χ1) is 13.4. The summed E-state index contributed by atoms with van der Waals surface area (Å²) in [7, 11) is 1.78. The fourth-order valence-corrected chi connectivity index (χ4v) is 3.29. The summed E-state index contributed by atoms with van der Waals surface area (Å²) in [6, 6.07) is 10.8. The second kappa shape index (κ2) is 12.2. The topological polar surface area (TPSA) is 74.5 Å². The van der Waals surface area contributed by atoms with Gasteiger partial charge in [0.05, 0.1) is 12.2 Å². The summed E-state index contributed by atoms with van der Waals surface area (Å²) in [5.74, 6) is 2.27. The molecule has 162 valence electrons. The second-order valence-electron chi connectivity index (χ2n) is 7.29. The Labute approximate surface area is 192 Å². The zero-order chi connectivity index (χ0) is 20.6. The molecule has 0 bridgehead atoms. The Kier molecular flexibility index (Phi) is 10.7. The van der Waals surface area contributed by atoms with Crippen molar-refractivity contribution in [2.24, 2.45) is 4.99 Å². The number of benzene rings is 1. The first-order valence-electron chi connectivity index (χ1n) is 10.1. The van der Waals surface area contributed by atoms with Gasteiger partial charge in [0.1, 0.15) is 5.76 Å². The minimum atomic E-state index is -0.0248. The van der Waals surface area contributed by atoms with E-state index in [0.717, 1.165) is 36.8 Å². The van der Waals surface area contributed by atoms with Crippen LogP contribution in [0, 0.1) is 13.8 Å². The lowest BCUT2D eigenvalue weighted by Crippen LogP contribution is -2.55. The molecule has 1 unspecified atom stereocenters. The van der Waals surface area contributed by atoms with Crippen LogP contribution in [0.4, 0.5) is 0 Å². The van der Waals surface area contributed by atoms with Crippen LogP contribution in [0.3, 0.4) is 0 Å². The molecule has 2 rings (SSSR count). The van der Waals surface area contributed by atoms with Crippen LogP contribution in [0.2, 0.25) is 0 Å². The standard InChI is InChI=1S/C22H35N5O.HI/c1-7-22(8-2,27-17(4)19-12-10-9-11-13-19)15-25-21(23-6)24-14-20-26-16(3)18(5)28-20;/h9-13,17,27H,7-8,14-15H2,1-6H3,(H2,23,24,25);1H. The average molecular weight is 513 g/mol. The molecule has 0 saturated heterocycles. The van der Waals surface area contributed by atoms with Crippen LogP contribution in [-0.2, 0) is 6.54 Å². The maximum absolute atomic E-state index is 5.63. The van der Waals surface area contributed by atoms with Crippen LogP contribution >= 0.6 is 24.0 Å². The molecule has 1 aromatic heterocycles. The van der Waals surface area contributed by atoms with Crippen LogP contribution in [0.5, 0.6) is 0 Å². The van der Waals surface area contributed by atoms with E-state index in [9.17, 15) is 0 Å². The number of oxazole rings is 1. The summed E-state index contributed by atoms with van der Waals surface area (Å²) in [6.07, 6.45) is 2.03. The average Bonchev–Trinajstić information content (AvgIpc) is 3.05. The Balaban J connectivity index is 0.00000420. The molecule has 0 radical (unpaired) electrons. The monoisotopic (exact) mass is 513 g/mol. The molecule has 0 aliphatic carbocycles. The molecule has 7 heteroatoms. The van der Waals surface area contributed by atoms with E-state index < -0.39 is 0 Å². The molecule has 0 saturated carbocycles. The summed E-state index contributed by atoms with van der Waals surface area (Å²) in [5.41, 5.74) is 2.20. The SMILES string of the molecule is CCC(CC)(CNC(=NC)NCc1nc(C)c(C)o1)NC(C)c1ccccc1.I. The number of guanidine groups is 1. The number of rotatable bonds is 9. The maximum Gasteiger partial charge on any atom is 0.214 e. The second-order valence-corrected chi connectivity index (χ2v) is 7.29. The molecule has 1 heterocycles. The Hall–Kier alpha value is -1.61. The molecule has 3 N–H and O–H groups in total. The fourth-order valence-electron chi connectivity index (χ4n) is 3.29. The van der Waals surface area contributed by atoms with Gasteiger partial charge in [-0.2, -0.15) is 0 Å². The summed E-state index contributed by atoms with van der Waals surface area (Å²) < 4.78 is 5.63. The van der Waals surface area contributed by atoms with E-state index in [1.54, 1.807) is 7.05 Å². The van der Waals surface area contributed by atoms with Gasteiger partial charge < -0.3 is 20.4 Å². The van der Waals surface area contributed by atoms with Crippen molar-refractivity contribution in [3.63, 3.8) is 0 Å². The van der Waals surface area contributed by atoms with Gasteiger partial charge in [-0.15, -0.1) is 24.0 Å². The van der Waals surface area contributed by atoms with E-state index in [4.69, 9.17) is 4.42 Å². The van der Waals surface area contributed by atoms with Crippen LogP contribution < -0.4 is 16.0 Å². The molecule has 0 aliphatic heterocycles. The van der Waals surface area contributed by atoms with Crippen LogP contribution in [-0.4, -0.2) is 30.1 Å². The van der Waals surface area contributed by atoms with E-state index in [0.29, 0.717) is 12.4 Å². The van der Waals surface area contributed by atoms with Crippen molar-refractivity contribution < 1.29 is 4.42 Å². The number of aliphatic imine (C=N–C) groups is 1. The van der Waals surface area contributed by atoms with Gasteiger partial charge in [-0.05, 0) is 39.2 Å². The third kappa shape index (κ3) is 7.29. The van der Waals surface area contributed by atoms with Crippen molar-refractivity contribution in [2.45, 2.75) is 65.6 Å². The Morgan fingerprint density at radius 1 is 1.14 bits per heavy atom. The van der Waals surface area contributed by atoms with E-state index in [1.165, 1.54) is 5.56 Å². The Bertz CT molecular complexity index is 736. The zero-order valence-corrected chi connectivity index (χ0v) is 20.8. The third-order valence-electron chi connectivity index (χ3n) is 5.47. The number of aromatic nitrogens is 1. The van der Waals surface area contributed by atoms with Crippen molar-refractivity contribution in [3.05, 3.63) is 53.2 Å². The lowest BCUT2D eigenvalue weighted by atomic mass is 9.90. The summed E-state index contributed by atoms with van der Waals surface area (Å²) in [4.78, 5) is 8.74. The van der Waals surface area contributed by atoms with E-state index in [2.05, 4.69) is 77.0 Å².